The number of halogens is 1. The Morgan fingerprint density at radius 2 is 2.00 bits per heavy atom. The van der Waals surface area contributed by atoms with E-state index in [-0.39, 0.29) is 5.78 Å². The van der Waals surface area contributed by atoms with E-state index in [4.69, 9.17) is 4.74 Å². The van der Waals surface area contributed by atoms with E-state index in [1.807, 2.05) is 0 Å². The SMILES string of the molecule is CC(C)(CF)OC(=O)N1CCC(=O)CC1. The third-order valence-electron chi connectivity index (χ3n) is 2.26. The fourth-order valence-electron chi connectivity index (χ4n) is 1.27. The van der Waals surface area contributed by atoms with Crippen LogP contribution in [0.2, 0.25) is 0 Å². The van der Waals surface area contributed by atoms with Crippen molar-refractivity contribution < 1.29 is 18.7 Å². The molecule has 1 amide bonds. The zero-order valence-electron chi connectivity index (χ0n) is 9.09. The number of ether oxygens (including phenoxy) is 1. The van der Waals surface area contributed by atoms with Crippen LogP contribution in [0, 0.1) is 0 Å². The average Bonchev–Trinajstić information content (AvgIpc) is 2.18. The number of carbonyl (C=O) groups is 2. The van der Waals surface area contributed by atoms with Crippen molar-refractivity contribution in [3.63, 3.8) is 0 Å². The zero-order chi connectivity index (χ0) is 11.5. The molecule has 1 heterocycles. The maximum Gasteiger partial charge on any atom is 0.410 e. The first-order valence-electron chi connectivity index (χ1n) is 5.00. The van der Waals surface area contributed by atoms with E-state index in [1.54, 1.807) is 0 Å². The third-order valence-corrected chi connectivity index (χ3v) is 2.26. The van der Waals surface area contributed by atoms with Crippen LogP contribution in [-0.2, 0) is 9.53 Å². The number of rotatable bonds is 2. The van der Waals surface area contributed by atoms with E-state index in [0.29, 0.717) is 25.9 Å². The van der Waals surface area contributed by atoms with Gasteiger partial charge in [-0.15, -0.1) is 0 Å². The predicted molar refractivity (Wildman–Crippen MR) is 52.3 cm³/mol. The van der Waals surface area contributed by atoms with Crippen molar-refractivity contribution in [3.05, 3.63) is 0 Å². The minimum atomic E-state index is -1.08. The van der Waals surface area contributed by atoms with E-state index >= 15 is 0 Å². The zero-order valence-corrected chi connectivity index (χ0v) is 9.09. The Hall–Kier alpha value is -1.13. The number of amides is 1. The summed E-state index contributed by atoms with van der Waals surface area (Å²) in [7, 11) is 0. The Labute approximate surface area is 88.4 Å². The molecule has 1 aliphatic rings. The molecule has 0 atom stereocenters. The molecule has 0 aromatic carbocycles. The van der Waals surface area contributed by atoms with Crippen LogP contribution in [0.5, 0.6) is 0 Å². The summed E-state index contributed by atoms with van der Waals surface area (Å²) in [6.45, 7) is 3.06. The number of piperidine rings is 1. The third kappa shape index (κ3) is 3.49. The van der Waals surface area contributed by atoms with Crippen LogP contribution in [0.3, 0.4) is 0 Å². The molecule has 15 heavy (non-hydrogen) atoms. The molecule has 0 spiro atoms. The van der Waals surface area contributed by atoms with Gasteiger partial charge in [-0.3, -0.25) is 4.79 Å². The lowest BCUT2D eigenvalue weighted by molar-refractivity contribution is -0.121. The van der Waals surface area contributed by atoms with Gasteiger partial charge < -0.3 is 9.64 Å². The van der Waals surface area contributed by atoms with Gasteiger partial charge in [0.15, 0.2) is 0 Å². The van der Waals surface area contributed by atoms with Crippen LogP contribution in [-0.4, -0.2) is 42.1 Å². The van der Waals surface area contributed by atoms with E-state index < -0.39 is 18.4 Å². The van der Waals surface area contributed by atoms with E-state index in [0.717, 1.165) is 0 Å². The van der Waals surface area contributed by atoms with Crippen molar-refractivity contribution in [1.82, 2.24) is 4.90 Å². The molecule has 1 aliphatic heterocycles. The predicted octanol–water partition coefficient (Wildman–Crippen LogP) is 1.54. The molecule has 5 heteroatoms. The number of Topliss-reactive ketones (excluding diaryl/α,β-unsaturated/α-hetero) is 1. The standard InChI is InChI=1S/C10H16FNO3/c1-10(2,7-11)15-9(14)12-5-3-8(13)4-6-12/h3-7H2,1-2H3. The molecule has 0 radical (unpaired) electrons. The maximum atomic E-state index is 12.4. The number of carbonyl (C=O) groups excluding carboxylic acids is 2. The highest BCUT2D eigenvalue weighted by atomic mass is 19.1. The summed E-state index contributed by atoms with van der Waals surface area (Å²) in [6.07, 6.45) is 0.196. The van der Waals surface area contributed by atoms with Gasteiger partial charge in [0.1, 0.15) is 18.1 Å². The van der Waals surface area contributed by atoms with E-state index in [1.165, 1.54) is 18.7 Å². The van der Waals surface area contributed by atoms with Crippen LogP contribution in [0.4, 0.5) is 9.18 Å². The quantitative estimate of drug-likeness (QED) is 0.704. The summed E-state index contributed by atoms with van der Waals surface area (Å²) < 4.78 is 17.4. The van der Waals surface area contributed by atoms with Gasteiger partial charge in [-0.1, -0.05) is 0 Å². The van der Waals surface area contributed by atoms with Crippen molar-refractivity contribution in [3.8, 4) is 0 Å². The Kier molecular flexibility index (Phi) is 3.66. The lowest BCUT2D eigenvalue weighted by Crippen LogP contribution is -2.43. The van der Waals surface area contributed by atoms with Gasteiger partial charge in [0.2, 0.25) is 0 Å². The number of likely N-dealkylation sites (tertiary alicyclic amines) is 1. The highest BCUT2D eigenvalue weighted by Gasteiger charge is 2.28. The second-order valence-electron chi connectivity index (χ2n) is 4.29. The number of alkyl halides is 1. The molecule has 86 valence electrons. The molecule has 0 bridgehead atoms. The molecule has 0 aliphatic carbocycles. The molecule has 0 unspecified atom stereocenters. The molecule has 0 aromatic rings. The minimum absolute atomic E-state index is 0.156. The van der Waals surface area contributed by atoms with Crippen LogP contribution >= 0.6 is 0 Å². The van der Waals surface area contributed by atoms with Crippen molar-refractivity contribution in [2.75, 3.05) is 19.8 Å². The minimum Gasteiger partial charge on any atom is -0.441 e. The van der Waals surface area contributed by atoms with Crippen molar-refractivity contribution >= 4 is 11.9 Å². The first-order chi connectivity index (χ1) is 6.94. The second kappa shape index (κ2) is 4.59. The average molecular weight is 217 g/mol. The molecule has 0 saturated carbocycles. The smallest absolute Gasteiger partial charge is 0.410 e. The number of hydrogen-bond acceptors (Lipinski definition) is 3. The molecular formula is C10H16FNO3. The van der Waals surface area contributed by atoms with Gasteiger partial charge in [-0.2, -0.15) is 0 Å². The van der Waals surface area contributed by atoms with Gasteiger partial charge in [0.05, 0.1) is 0 Å². The summed E-state index contributed by atoms with van der Waals surface area (Å²) in [4.78, 5) is 23.9. The molecule has 0 aromatic heterocycles. The van der Waals surface area contributed by atoms with Gasteiger partial charge in [0.25, 0.3) is 0 Å². The fourth-order valence-corrected chi connectivity index (χ4v) is 1.27. The van der Waals surface area contributed by atoms with Crippen molar-refractivity contribution in [1.29, 1.82) is 0 Å². The fraction of sp³-hybridized carbons (Fsp3) is 0.800. The summed E-state index contributed by atoms with van der Waals surface area (Å²) in [5.74, 6) is 0.156. The Bertz CT molecular complexity index is 255. The topological polar surface area (TPSA) is 46.6 Å². The molecule has 1 saturated heterocycles. The first-order valence-corrected chi connectivity index (χ1v) is 5.00. The summed E-state index contributed by atoms with van der Waals surface area (Å²) in [6, 6.07) is 0. The molecule has 4 nitrogen and oxygen atoms in total. The van der Waals surface area contributed by atoms with E-state index in [2.05, 4.69) is 0 Å². The number of hydrogen-bond donors (Lipinski definition) is 0. The van der Waals surface area contributed by atoms with Gasteiger partial charge in [-0.25, -0.2) is 9.18 Å². The molecule has 1 fully saturated rings. The lowest BCUT2D eigenvalue weighted by atomic mass is 10.1. The highest BCUT2D eigenvalue weighted by Crippen LogP contribution is 2.14. The highest BCUT2D eigenvalue weighted by molar-refractivity contribution is 5.81. The van der Waals surface area contributed by atoms with E-state index in [9.17, 15) is 14.0 Å². The first kappa shape index (κ1) is 11.9. The Morgan fingerprint density at radius 1 is 1.47 bits per heavy atom. The Morgan fingerprint density at radius 3 is 2.47 bits per heavy atom. The maximum absolute atomic E-state index is 12.4. The van der Waals surface area contributed by atoms with Crippen LogP contribution in [0.15, 0.2) is 0 Å². The monoisotopic (exact) mass is 217 g/mol. The van der Waals surface area contributed by atoms with Crippen molar-refractivity contribution in [2.45, 2.75) is 32.3 Å². The molecular weight excluding hydrogens is 201 g/mol. The van der Waals surface area contributed by atoms with Gasteiger partial charge >= 0.3 is 6.09 Å². The Balaban J connectivity index is 2.44. The second-order valence-corrected chi connectivity index (χ2v) is 4.29. The van der Waals surface area contributed by atoms with Crippen LogP contribution in [0.1, 0.15) is 26.7 Å². The summed E-state index contributed by atoms with van der Waals surface area (Å²) in [5, 5.41) is 0. The number of ketones is 1. The molecule has 1 rings (SSSR count). The summed E-state index contributed by atoms with van der Waals surface area (Å²) in [5.41, 5.74) is -1.08. The van der Waals surface area contributed by atoms with Crippen LogP contribution in [0.25, 0.3) is 0 Å². The summed E-state index contributed by atoms with van der Waals surface area (Å²) >= 11 is 0. The lowest BCUT2D eigenvalue weighted by Gasteiger charge is -2.29. The normalized spacial score (nSPS) is 17.8. The molecule has 0 N–H and O–H groups in total. The number of nitrogens with zero attached hydrogens (tertiary/aromatic N) is 1. The van der Waals surface area contributed by atoms with Crippen LogP contribution < -0.4 is 0 Å². The van der Waals surface area contributed by atoms with Crippen molar-refractivity contribution in [2.24, 2.45) is 0 Å². The van der Waals surface area contributed by atoms with Gasteiger partial charge in [-0.05, 0) is 13.8 Å². The van der Waals surface area contributed by atoms with Gasteiger partial charge in [0, 0.05) is 25.9 Å². The largest absolute Gasteiger partial charge is 0.441 e.